The SMILES string of the molecule is COc1cc(C(=O)N2CCCC2)ccc1OCCCCCOc1ccc(C=NN)cc1. The third-order valence-corrected chi connectivity index (χ3v) is 5.22. The zero-order chi connectivity index (χ0) is 21.9. The monoisotopic (exact) mass is 425 g/mol. The van der Waals surface area contributed by atoms with Gasteiger partial charge in [0.1, 0.15) is 5.75 Å². The van der Waals surface area contributed by atoms with Gasteiger partial charge in [-0.15, -0.1) is 0 Å². The molecule has 0 unspecified atom stereocenters. The van der Waals surface area contributed by atoms with Crippen LogP contribution in [-0.2, 0) is 0 Å². The molecule has 1 saturated heterocycles. The lowest BCUT2D eigenvalue weighted by Gasteiger charge is -2.17. The number of hydrogen-bond acceptors (Lipinski definition) is 6. The average Bonchev–Trinajstić information content (AvgIpc) is 3.34. The van der Waals surface area contributed by atoms with Crippen molar-refractivity contribution < 1.29 is 19.0 Å². The first-order valence-electron chi connectivity index (χ1n) is 10.8. The van der Waals surface area contributed by atoms with E-state index in [2.05, 4.69) is 5.10 Å². The largest absolute Gasteiger partial charge is 0.494 e. The van der Waals surface area contributed by atoms with Crippen molar-refractivity contribution in [3.05, 3.63) is 53.6 Å². The number of amides is 1. The molecule has 1 aliphatic rings. The van der Waals surface area contributed by atoms with Crippen LogP contribution >= 0.6 is 0 Å². The molecule has 0 aromatic heterocycles. The number of unbranched alkanes of at least 4 members (excludes halogenated alkanes) is 2. The first-order chi connectivity index (χ1) is 15.2. The van der Waals surface area contributed by atoms with E-state index < -0.39 is 0 Å². The zero-order valence-electron chi connectivity index (χ0n) is 18.1. The van der Waals surface area contributed by atoms with Gasteiger partial charge in [-0.3, -0.25) is 4.79 Å². The second kappa shape index (κ2) is 11.8. The molecule has 0 atom stereocenters. The molecular weight excluding hydrogens is 394 g/mol. The van der Waals surface area contributed by atoms with Crippen molar-refractivity contribution in [3.63, 3.8) is 0 Å². The van der Waals surface area contributed by atoms with Gasteiger partial charge in [-0.2, -0.15) is 5.10 Å². The predicted molar refractivity (Wildman–Crippen MR) is 121 cm³/mol. The van der Waals surface area contributed by atoms with E-state index in [-0.39, 0.29) is 5.91 Å². The molecule has 1 amide bonds. The van der Waals surface area contributed by atoms with Gasteiger partial charge < -0.3 is 25.0 Å². The van der Waals surface area contributed by atoms with Crippen LogP contribution < -0.4 is 20.1 Å². The minimum absolute atomic E-state index is 0.0597. The molecule has 0 radical (unpaired) electrons. The van der Waals surface area contributed by atoms with E-state index in [0.29, 0.717) is 30.3 Å². The Balaban J connectivity index is 1.36. The van der Waals surface area contributed by atoms with Crippen LogP contribution in [0.15, 0.2) is 47.6 Å². The Bertz CT molecular complexity index is 862. The topological polar surface area (TPSA) is 86.4 Å². The maximum atomic E-state index is 12.5. The van der Waals surface area contributed by atoms with Crippen molar-refractivity contribution in [1.29, 1.82) is 0 Å². The third kappa shape index (κ3) is 6.64. The highest BCUT2D eigenvalue weighted by atomic mass is 16.5. The Morgan fingerprint density at radius 1 is 1.00 bits per heavy atom. The summed E-state index contributed by atoms with van der Waals surface area (Å²) in [6.45, 7) is 2.90. The van der Waals surface area contributed by atoms with Gasteiger partial charge in [0.15, 0.2) is 11.5 Å². The van der Waals surface area contributed by atoms with E-state index in [1.165, 1.54) is 0 Å². The lowest BCUT2D eigenvalue weighted by molar-refractivity contribution is 0.0792. The van der Waals surface area contributed by atoms with Crippen LogP contribution in [0.5, 0.6) is 17.2 Å². The van der Waals surface area contributed by atoms with Crippen LogP contribution in [0, 0.1) is 0 Å². The molecule has 2 aromatic carbocycles. The molecule has 31 heavy (non-hydrogen) atoms. The Hall–Kier alpha value is -3.22. The van der Waals surface area contributed by atoms with Crippen molar-refractivity contribution in [2.75, 3.05) is 33.4 Å². The number of ether oxygens (including phenoxy) is 3. The number of hydrazone groups is 1. The summed E-state index contributed by atoms with van der Waals surface area (Å²) in [7, 11) is 1.60. The van der Waals surface area contributed by atoms with Crippen molar-refractivity contribution in [1.82, 2.24) is 4.90 Å². The lowest BCUT2D eigenvalue weighted by Crippen LogP contribution is -2.27. The fourth-order valence-electron chi connectivity index (χ4n) is 3.51. The fraction of sp³-hybridized carbons (Fsp3) is 0.417. The first-order valence-corrected chi connectivity index (χ1v) is 10.8. The Labute approximate surface area is 183 Å². The number of methoxy groups -OCH3 is 1. The van der Waals surface area contributed by atoms with Gasteiger partial charge in [-0.05, 0) is 80.1 Å². The van der Waals surface area contributed by atoms with Crippen molar-refractivity contribution >= 4 is 12.1 Å². The quantitative estimate of drug-likeness (QED) is 0.256. The summed E-state index contributed by atoms with van der Waals surface area (Å²) >= 11 is 0. The summed E-state index contributed by atoms with van der Waals surface area (Å²) in [6, 6.07) is 13.1. The van der Waals surface area contributed by atoms with Crippen molar-refractivity contribution in [2.45, 2.75) is 32.1 Å². The van der Waals surface area contributed by atoms with E-state index in [1.54, 1.807) is 19.4 Å². The van der Waals surface area contributed by atoms with E-state index >= 15 is 0 Å². The maximum Gasteiger partial charge on any atom is 0.253 e. The number of likely N-dealkylation sites (tertiary alicyclic amines) is 1. The van der Waals surface area contributed by atoms with Gasteiger partial charge in [0.25, 0.3) is 5.91 Å². The number of benzene rings is 2. The summed E-state index contributed by atoms with van der Waals surface area (Å²) in [5, 5.41) is 3.50. The summed E-state index contributed by atoms with van der Waals surface area (Å²) in [5.41, 5.74) is 1.59. The third-order valence-electron chi connectivity index (χ3n) is 5.22. The Morgan fingerprint density at radius 3 is 2.39 bits per heavy atom. The number of hydrogen-bond donors (Lipinski definition) is 1. The molecule has 1 heterocycles. The minimum Gasteiger partial charge on any atom is -0.494 e. The number of rotatable bonds is 11. The molecule has 2 aromatic rings. The average molecular weight is 426 g/mol. The summed E-state index contributed by atoms with van der Waals surface area (Å²) in [5.74, 6) is 7.29. The van der Waals surface area contributed by atoms with Gasteiger partial charge in [0, 0.05) is 18.7 Å². The van der Waals surface area contributed by atoms with E-state index in [4.69, 9.17) is 20.1 Å². The van der Waals surface area contributed by atoms with E-state index in [1.807, 2.05) is 41.3 Å². The summed E-state index contributed by atoms with van der Waals surface area (Å²) in [4.78, 5) is 14.4. The minimum atomic E-state index is 0.0597. The second-order valence-electron chi connectivity index (χ2n) is 7.47. The number of nitrogens with zero attached hydrogens (tertiary/aromatic N) is 2. The van der Waals surface area contributed by atoms with Gasteiger partial charge in [0.05, 0.1) is 26.5 Å². The number of nitrogens with two attached hydrogens (primary N) is 1. The molecular formula is C24H31N3O4. The molecule has 7 nitrogen and oxygen atoms in total. The highest BCUT2D eigenvalue weighted by molar-refractivity contribution is 5.95. The van der Waals surface area contributed by atoms with Crippen LogP contribution in [-0.4, -0.2) is 50.4 Å². The van der Waals surface area contributed by atoms with E-state index in [0.717, 1.165) is 56.5 Å². The molecule has 1 fully saturated rings. The fourth-order valence-corrected chi connectivity index (χ4v) is 3.51. The van der Waals surface area contributed by atoms with Crippen molar-refractivity contribution in [2.24, 2.45) is 10.9 Å². The van der Waals surface area contributed by atoms with Crippen LogP contribution in [0.4, 0.5) is 0 Å². The Kier molecular flexibility index (Phi) is 8.58. The van der Waals surface area contributed by atoms with Crippen LogP contribution in [0.1, 0.15) is 48.0 Å². The number of carbonyl (C=O) groups is 1. The van der Waals surface area contributed by atoms with Crippen LogP contribution in [0.3, 0.4) is 0 Å². The van der Waals surface area contributed by atoms with Crippen LogP contribution in [0.25, 0.3) is 0 Å². The zero-order valence-corrected chi connectivity index (χ0v) is 18.1. The highest BCUT2D eigenvalue weighted by Gasteiger charge is 2.20. The maximum absolute atomic E-state index is 12.5. The molecule has 0 aliphatic carbocycles. The standard InChI is InChI=1S/C24H31N3O4/c1-29-23-17-20(24(28)27-13-3-4-14-27)9-12-22(23)31-16-6-2-5-15-30-21-10-7-19(8-11-21)18-26-25/h7-12,17-18H,2-6,13-16,25H2,1H3. The number of carbonyl (C=O) groups excluding carboxylic acids is 1. The summed E-state index contributed by atoms with van der Waals surface area (Å²) in [6.07, 6.45) is 6.59. The highest BCUT2D eigenvalue weighted by Crippen LogP contribution is 2.29. The Morgan fingerprint density at radius 2 is 1.71 bits per heavy atom. The molecule has 7 heteroatoms. The normalized spacial score (nSPS) is 13.5. The van der Waals surface area contributed by atoms with Gasteiger partial charge in [0.2, 0.25) is 0 Å². The molecule has 2 N–H and O–H groups in total. The summed E-state index contributed by atoms with van der Waals surface area (Å²) < 4.78 is 17.1. The van der Waals surface area contributed by atoms with Gasteiger partial charge in [-0.1, -0.05) is 0 Å². The predicted octanol–water partition coefficient (Wildman–Crippen LogP) is 3.85. The molecule has 0 bridgehead atoms. The van der Waals surface area contributed by atoms with Gasteiger partial charge in [-0.25, -0.2) is 0 Å². The van der Waals surface area contributed by atoms with Crippen LogP contribution in [0.2, 0.25) is 0 Å². The van der Waals surface area contributed by atoms with Crippen molar-refractivity contribution in [3.8, 4) is 17.2 Å². The van der Waals surface area contributed by atoms with Gasteiger partial charge >= 0.3 is 0 Å². The lowest BCUT2D eigenvalue weighted by atomic mass is 10.1. The molecule has 0 saturated carbocycles. The first kappa shape index (κ1) is 22.5. The molecule has 3 rings (SSSR count). The van der Waals surface area contributed by atoms with E-state index in [9.17, 15) is 4.79 Å². The molecule has 1 aliphatic heterocycles. The smallest absolute Gasteiger partial charge is 0.253 e. The second-order valence-corrected chi connectivity index (χ2v) is 7.47. The molecule has 166 valence electrons. The molecule has 0 spiro atoms.